The standard InChI is InChI=1S/C26H31N3O4/c1-26(2,3)33-25(31)29-16-24(30)27-14-20(29)12-19-15-28(4)23-11-10-21(13-22(19)23)32-17-18-8-6-5-7-9-18/h5-11,13,15,20H,12,14,16-17H2,1-4H3,(H,27,30). The molecule has 0 saturated carbocycles. The maximum atomic E-state index is 12.8. The predicted molar refractivity (Wildman–Crippen MR) is 127 cm³/mol. The van der Waals surface area contributed by atoms with Crippen molar-refractivity contribution in [1.29, 1.82) is 0 Å². The van der Waals surface area contributed by atoms with Gasteiger partial charge in [-0.25, -0.2) is 4.79 Å². The topological polar surface area (TPSA) is 72.8 Å². The van der Waals surface area contributed by atoms with Gasteiger partial charge in [0.15, 0.2) is 0 Å². The maximum absolute atomic E-state index is 12.8. The molecule has 1 fully saturated rings. The number of aryl methyl sites for hydroxylation is 1. The number of ether oxygens (including phenoxy) is 2. The number of hydrogen-bond donors (Lipinski definition) is 1. The Labute approximate surface area is 194 Å². The molecular formula is C26H31N3O4. The van der Waals surface area contributed by atoms with Gasteiger partial charge < -0.3 is 19.4 Å². The van der Waals surface area contributed by atoms with E-state index in [1.54, 1.807) is 4.90 Å². The molecule has 1 aliphatic heterocycles. The highest BCUT2D eigenvalue weighted by molar-refractivity contribution is 5.86. The van der Waals surface area contributed by atoms with Gasteiger partial charge in [-0.3, -0.25) is 9.69 Å². The number of aromatic nitrogens is 1. The summed E-state index contributed by atoms with van der Waals surface area (Å²) in [6.45, 7) is 6.35. The first kappa shape index (κ1) is 22.7. The fourth-order valence-corrected chi connectivity index (χ4v) is 4.10. The Bertz CT molecular complexity index is 1150. The average molecular weight is 450 g/mol. The molecule has 1 aliphatic rings. The van der Waals surface area contributed by atoms with Crippen LogP contribution >= 0.6 is 0 Å². The number of amides is 2. The lowest BCUT2D eigenvalue weighted by Crippen LogP contribution is -2.57. The van der Waals surface area contributed by atoms with E-state index in [1.807, 2.05) is 76.3 Å². The molecule has 1 unspecified atom stereocenters. The Kier molecular flexibility index (Phi) is 6.31. The van der Waals surface area contributed by atoms with Crippen LogP contribution in [0, 0.1) is 0 Å². The summed E-state index contributed by atoms with van der Waals surface area (Å²) >= 11 is 0. The van der Waals surface area contributed by atoms with Gasteiger partial charge >= 0.3 is 6.09 Å². The van der Waals surface area contributed by atoms with Gasteiger partial charge in [0.2, 0.25) is 5.91 Å². The molecule has 0 radical (unpaired) electrons. The van der Waals surface area contributed by atoms with Crippen LogP contribution in [-0.2, 0) is 29.6 Å². The number of carbonyl (C=O) groups is 2. The van der Waals surface area contributed by atoms with Crippen LogP contribution in [0.5, 0.6) is 5.75 Å². The van der Waals surface area contributed by atoms with Crippen molar-refractivity contribution in [2.24, 2.45) is 7.05 Å². The molecule has 2 heterocycles. The number of carbonyl (C=O) groups excluding carboxylic acids is 2. The first-order valence-electron chi connectivity index (χ1n) is 11.2. The van der Waals surface area contributed by atoms with Crippen LogP contribution in [0.1, 0.15) is 31.9 Å². The second-order valence-corrected chi connectivity index (χ2v) is 9.49. The Morgan fingerprint density at radius 1 is 1.15 bits per heavy atom. The summed E-state index contributed by atoms with van der Waals surface area (Å²) in [5, 5.41) is 3.96. The Hall–Kier alpha value is -3.48. The van der Waals surface area contributed by atoms with Crippen LogP contribution < -0.4 is 10.1 Å². The number of hydrogen-bond acceptors (Lipinski definition) is 4. The summed E-state index contributed by atoms with van der Waals surface area (Å²) in [4.78, 5) is 26.4. The van der Waals surface area contributed by atoms with E-state index in [0.717, 1.165) is 27.8 Å². The van der Waals surface area contributed by atoms with Crippen LogP contribution in [0.25, 0.3) is 10.9 Å². The highest BCUT2D eigenvalue weighted by atomic mass is 16.6. The van der Waals surface area contributed by atoms with Gasteiger partial charge in [-0.1, -0.05) is 30.3 Å². The zero-order valence-electron chi connectivity index (χ0n) is 19.6. The molecule has 7 heteroatoms. The van der Waals surface area contributed by atoms with Crippen molar-refractivity contribution in [1.82, 2.24) is 14.8 Å². The first-order chi connectivity index (χ1) is 15.7. The van der Waals surface area contributed by atoms with Crippen molar-refractivity contribution in [3.05, 3.63) is 65.9 Å². The Morgan fingerprint density at radius 3 is 2.64 bits per heavy atom. The monoisotopic (exact) mass is 449 g/mol. The third-order valence-electron chi connectivity index (χ3n) is 5.66. The molecule has 3 aromatic rings. The van der Waals surface area contributed by atoms with E-state index in [9.17, 15) is 9.59 Å². The van der Waals surface area contributed by atoms with Gasteiger partial charge in [-0.2, -0.15) is 0 Å². The minimum Gasteiger partial charge on any atom is -0.489 e. The molecule has 0 aliphatic carbocycles. The van der Waals surface area contributed by atoms with Gasteiger partial charge in [0.05, 0.1) is 6.04 Å². The zero-order valence-corrected chi connectivity index (χ0v) is 19.6. The molecule has 2 aromatic carbocycles. The molecule has 33 heavy (non-hydrogen) atoms. The zero-order chi connectivity index (χ0) is 23.6. The molecule has 1 atom stereocenters. The molecule has 0 spiro atoms. The lowest BCUT2D eigenvalue weighted by atomic mass is 10.0. The summed E-state index contributed by atoms with van der Waals surface area (Å²) in [7, 11) is 2.00. The first-order valence-corrected chi connectivity index (χ1v) is 11.2. The normalized spacial score (nSPS) is 16.5. The molecule has 1 aromatic heterocycles. The van der Waals surface area contributed by atoms with Crippen molar-refractivity contribution in [3.63, 3.8) is 0 Å². The highest BCUT2D eigenvalue weighted by Gasteiger charge is 2.34. The minimum absolute atomic E-state index is 0.00418. The number of piperazine rings is 1. The summed E-state index contributed by atoms with van der Waals surface area (Å²) in [6.07, 6.45) is 2.21. The smallest absolute Gasteiger partial charge is 0.411 e. The molecule has 0 bridgehead atoms. The van der Waals surface area contributed by atoms with Crippen LogP contribution in [0.15, 0.2) is 54.7 Å². The van der Waals surface area contributed by atoms with E-state index in [2.05, 4.69) is 16.1 Å². The molecule has 4 rings (SSSR count). The summed E-state index contributed by atoms with van der Waals surface area (Å²) in [6, 6.07) is 15.9. The molecule has 1 saturated heterocycles. The van der Waals surface area contributed by atoms with Crippen LogP contribution in [0.3, 0.4) is 0 Å². The Morgan fingerprint density at radius 2 is 1.91 bits per heavy atom. The highest BCUT2D eigenvalue weighted by Crippen LogP contribution is 2.28. The van der Waals surface area contributed by atoms with E-state index in [-0.39, 0.29) is 18.5 Å². The van der Waals surface area contributed by atoms with Crippen molar-refractivity contribution in [3.8, 4) is 5.75 Å². The van der Waals surface area contributed by atoms with E-state index < -0.39 is 11.7 Å². The van der Waals surface area contributed by atoms with Crippen molar-refractivity contribution in [2.45, 2.75) is 45.4 Å². The average Bonchev–Trinajstić information content (AvgIpc) is 3.07. The third kappa shape index (κ3) is 5.48. The quantitative estimate of drug-likeness (QED) is 0.638. The SMILES string of the molecule is Cn1cc(CC2CNC(=O)CN2C(=O)OC(C)(C)C)c2cc(OCc3ccccc3)ccc21. The van der Waals surface area contributed by atoms with E-state index in [1.165, 1.54) is 0 Å². The van der Waals surface area contributed by atoms with Crippen LogP contribution in [0.4, 0.5) is 4.79 Å². The van der Waals surface area contributed by atoms with Gasteiger partial charge in [-0.05, 0) is 56.5 Å². The van der Waals surface area contributed by atoms with E-state index >= 15 is 0 Å². The molecule has 174 valence electrons. The Balaban J connectivity index is 1.56. The van der Waals surface area contributed by atoms with Crippen molar-refractivity contribution in [2.75, 3.05) is 13.1 Å². The maximum Gasteiger partial charge on any atom is 0.411 e. The summed E-state index contributed by atoms with van der Waals surface area (Å²) < 4.78 is 13.7. The van der Waals surface area contributed by atoms with Gasteiger partial charge in [-0.15, -0.1) is 0 Å². The largest absolute Gasteiger partial charge is 0.489 e. The molecule has 2 amide bonds. The number of nitrogens with zero attached hydrogens (tertiary/aromatic N) is 2. The molecular weight excluding hydrogens is 418 g/mol. The molecule has 7 nitrogen and oxygen atoms in total. The van der Waals surface area contributed by atoms with Gasteiger partial charge in [0.1, 0.15) is 24.5 Å². The summed E-state index contributed by atoms with van der Waals surface area (Å²) in [5.41, 5.74) is 2.66. The van der Waals surface area contributed by atoms with Crippen molar-refractivity contribution < 1.29 is 19.1 Å². The van der Waals surface area contributed by atoms with E-state index in [4.69, 9.17) is 9.47 Å². The number of benzene rings is 2. The van der Waals surface area contributed by atoms with Gasteiger partial charge in [0, 0.05) is 30.7 Å². The lowest BCUT2D eigenvalue weighted by Gasteiger charge is -2.36. The van der Waals surface area contributed by atoms with Crippen LogP contribution in [-0.4, -0.2) is 46.2 Å². The fourth-order valence-electron chi connectivity index (χ4n) is 4.10. The fraction of sp³-hybridized carbons (Fsp3) is 0.385. The van der Waals surface area contributed by atoms with E-state index in [0.29, 0.717) is 19.6 Å². The number of rotatable bonds is 5. The third-order valence-corrected chi connectivity index (χ3v) is 5.66. The van der Waals surface area contributed by atoms with Gasteiger partial charge in [0.25, 0.3) is 0 Å². The minimum atomic E-state index is -0.625. The lowest BCUT2D eigenvalue weighted by molar-refractivity contribution is -0.125. The van der Waals surface area contributed by atoms with Crippen LogP contribution in [0.2, 0.25) is 0 Å². The predicted octanol–water partition coefficient (Wildman–Crippen LogP) is 4.04. The summed E-state index contributed by atoms with van der Waals surface area (Å²) in [5.74, 6) is 0.617. The second kappa shape index (κ2) is 9.17. The molecule has 1 N–H and O–H groups in total. The second-order valence-electron chi connectivity index (χ2n) is 9.49. The number of nitrogens with one attached hydrogen (secondary N) is 1. The van der Waals surface area contributed by atoms with Crippen molar-refractivity contribution >= 4 is 22.9 Å². The number of fused-ring (bicyclic) bond motifs is 1.